The van der Waals surface area contributed by atoms with Gasteiger partial charge in [-0.15, -0.1) is 0 Å². The third-order valence-electron chi connectivity index (χ3n) is 4.01. The van der Waals surface area contributed by atoms with Crippen LogP contribution >= 0.6 is 0 Å². The van der Waals surface area contributed by atoms with Crippen LogP contribution in [-0.4, -0.2) is 11.1 Å². The van der Waals surface area contributed by atoms with Crippen LogP contribution < -0.4 is 0 Å². The first kappa shape index (κ1) is 20.2. The van der Waals surface area contributed by atoms with Gasteiger partial charge < -0.3 is 5.11 Å². The second-order valence-corrected chi connectivity index (χ2v) is 6.27. The first-order valence-corrected chi connectivity index (χ1v) is 9.04. The molecule has 0 aromatic rings. The van der Waals surface area contributed by atoms with E-state index < -0.39 is 5.97 Å². The van der Waals surface area contributed by atoms with Crippen molar-refractivity contribution in [3.05, 3.63) is 11.6 Å². The van der Waals surface area contributed by atoms with Crippen LogP contribution in [0.5, 0.6) is 0 Å². The topological polar surface area (TPSA) is 37.3 Å². The summed E-state index contributed by atoms with van der Waals surface area (Å²) in [4.78, 5) is 10.4. The Bertz CT molecular complexity index is 269. The van der Waals surface area contributed by atoms with Gasteiger partial charge in [-0.2, -0.15) is 0 Å². The summed E-state index contributed by atoms with van der Waals surface area (Å²) < 4.78 is 0. The molecule has 0 aromatic heterocycles. The number of hydrogen-bond acceptors (Lipinski definition) is 1. The molecule has 0 aliphatic rings. The van der Waals surface area contributed by atoms with Crippen molar-refractivity contribution in [3.63, 3.8) is 0 Å². The molecular weight excluding hydrogens is 260 g/mol. The molecule has 0 radical (unpaired) electrons. The monoisotopic (exact) mass is 296 g/mol. The molecule has 2 heteroatoms. The molecule has 1 N–H and O–H groups in total. The second-order valence-electron chi connectivity index (χ2n) is 6.27. The second kappa shape index (κ2) is 15.6. The molecule has 0 saturated heterocycles. The fourth-order valence-electron chi connectivity index (χ4n) is 2.59. The fraction of sp³-hybridized carbons (Fsp3) is 0.842. The lowest BCUT2D eigenvalue weighted by molar-refractivity contribution is -0.137. The quantitative estimate of drug-likeness (QED) is 0.277. The molecular formula is C19H36O2. The van der Waals surface area contributed by atoms with Crippen molar-refractivity contribution >= 4 is 5.97 Å². The number of rotatable bonds is 15. The van der Waals surface area contributed by atoms with Gasteiger partial charge in [0.1, 0.15) is 0 Å². The maximum atomic E-state index is 10.4. The number of carbonyl (C=O) groups is 1. The van der Waals surface area contributed by atoms with Crippen molar-refractivity contribution in [2.45, 2.75) is 104 Å². The van der Waals surface area contributed by atoms with Crippen LogP contribution in [0, 0.1) is 0 Å². The van der Waals surface area contributed by atoms with E-state index in [-0.39, 0.29) is 0 Å². The van der Waals surface area contributed by atoms with Crippen LogP contribution in [0.3, 0.4) is 0 Å². The van der Waals surface area contributed by atoms with E-state index >= 15 is 0 Å². The van der Waals surface area contributed by atoms with E-state index in [1.165, 1.54) is 70.6 Å². The van der Waals surface area contributed by atoms with Gasteiger partial charge in [0.15, 0.2) is 0 Å². The average Bonchev–Trinajstić information content (AvgIpc) is 2.45. The highest BCUT2D eigenvalue weighted by Gasteiger charge is 1.96. The summed E-state index contributed by atoms with van der Waals surface area (Å²) in [5.41, 5.74) is 1.57. The number of unbranched alkanes of at least 4 members (excludes halogenated alkanes) is 10. The number of hydrogen-bond donors (Lipinski definition) is 1. The zero-order valence-electron chi connectivity index (χ0n) is 14.3. The normalized spacial score (nSPS) is 11.8. The van der Waals surface area contributed by atoms with Crippen molar-refractivity contribution in [2.75, 3.05) is 0 Å². The van der Waals surface area contributed by atoms with Crippen molar-refractivity contribution in [2.24, 2.45) is 0 Å². The first-order chi connectivity index (χ1) is 10.2. The van der Waals surface area contributed by atoms with E-state index in [2.05, 4.69) is 19.9 Å². The van der Waals surface area contributed by atoms with Crippen molar-refractivity contribution in [1.82, 2.24) is 0 Å². The van der Waals surface area contributed by atoms with Crippen LogP contribution in [0.1, 0.15) is 104 Å². The summed E-state index contributed by atoms with van der Waals surface area (Å²) in [6.07, 6.45) is 19.0. The molecule has 0 aliphatic carbocycles. The third kappa shape index (κ3) is 17.2. The summed E-state index contributed by atoms with van der Waals surface area (Å²) in [6, 6.07) is 0. The summed E-state index contributed by atoms with van der Waals surface area (Å²) >= 11 is 0. The third-order valence-corrected chi connectivity index (χ3v) is 4.01. The van der Waals surface area contributed by atoms with Crippen molar-refractivity contribution in [3.8, 4) is 0 Å². The molecule has 124 valence electrons. The molecule has 0 rings (SSSR count). The van der Waals surface area contributed by atoms with E-state index in [0.29, 0.717) is 6.42 Å². The van der Waals surface area contributed by atoms with Gasteiger partial charge >= 0.3 is 5.97 Å². The van der Waals surface area contributed by atoms with Crippen LogP contribution in [0.15, 0.2) is 11.6 Å². The predicted octanol–water partition coefficient (Wildman–Crippen LogP) is 6.50. The van der Waals surface area contributed by atoms with Gasteiger partial charge in [-0.05, 0) is 39.0 Å². The highest BCUT2D eigenvalue weighted by Crippen LogP contribution is 2.13. The highest BCUT2D eigenvalue weighted by atomic mass is 16.4. The minimum Gasteiger partial charge on any atom is -0.481 e. The maximum absolute atomic E-state index is 10.4. The van der Waals surface area contributed by atoms with Gasteiger partial charge in [-0.25, -0.2) is 0 Å². The molecule has 0 aliphatic heterocycles. The Morgan fingerprint density at radius 1 is 0.810 bits per heavy atom. The SMILES string of the molecule is CCCCCCC(C)=CCCCCCCCCCC(=O)O. The van der Waals surface area contributed by atoms with Gasteiger partial charge in [0, 0.05) is 6.42 Å². The van der Waals surface area contributed by atoms with Crippen LogP contribution in [-0.2, 0) is 4.79 Å². The van der Waals surface area contributed by atoms with E-state index in [1.807, 2.05) is 0 Å². The lowest BCUT2D eigenvalue weighted by Gasteiger charge is -2.02. The van der Waals surface area contributed by atoms with Gasteiger partial charge in [0.05, 0.1) is 0 Å². The molecule has 0 unspecified atom stereocenters. The Hall–Kier alpha value is -0.790. The predicted molar refractivity (Wildman–Crippen MR) is 91.7 cm³/mol. The van der Waals surface area contributed by atoms with Gasteiger partial charge in [-0.3, -0.25) is 4.79 Å². The van der Waals surface area contributed by atoms with Gasteiger partial charge in [-0.1, -0.05) is 69.9 Å². The Labute approximate surface area is 132 Å². The highest BCUT2D eigenvalue weighted by molar-refractivity contribution is 5.66. The molecule has 21 heavy (non-hydrogen) atoms. The lowest BCUT2D eigenvalue weighted by Crippen LogP contribution is -1.93. The molecule has 0 atom stereocenters. The van der Waals surface area contributed by atoms with Crippen LogP contribution in [0.25, 0.3) is 0 Å². The first-order valence-electron chi connectivity index (χ1n) is 9.04. The Morgan fingerprint density at radius 2 is 1.33 bits per heavy atom. The molecule has 0 aromatic carbocycles. The Kier molecular flexibility index (Phi) is 15.0. The zero-order valence-corrected chi connectivity index (χ0v) is 14.3. The van der Waals surface area contributed by atoms with Crippen molar-refractivity contribution < 1.29 is 9.90 Å². The largest absolute Gasteiger partial charge is 0.481 e. The summed E-state index contributed by atoms with van der Waals surface area (Å²) in [6.45, 7) is 4.53. The molecule has 0 heterocycles. The maximum Gasteiger partial charge on any atom is 0.303 e. The van der Waals surface area contributed by atoms with E-state index in [1.54, 1.807) is 5.57 Å². The Balaban J connectivity index is 3.25. The standard InChI is InChI=1S/C19H36O2/c1-3-4-5-12-15-18(2)16-13-10-8-6-7-9-11-14-17-19(20)21/h16H,3-15,17H2,1-2H3,(H,20,21). The molecule has 0 bridgehead atoms. The Morgan fingerprint density at radius 3 is 1.95 bits per heavy atom. The molecule has 2 nitrogen and oxygen atoms in total. The summed E-state index contributed by atoms with van der Waals surface area (Å²) in [7, 11) is 0. The van der Waals surface area contributed by atoms with Gasteiger partial charge in [0.25, 0.3) is 0 Å². The van der Waals surface area contributed by atoms with Gasteiger partial charge in [0.2, 0.25) is 0 Å². The van der Waals surface area contributed by atoms with Crippen LogP contribution in [0.4, 0.5) is 0 Å². The minimum atomic E-state index is -0.660. The molecule has 0 fully saturated rings. The summed E-state index contributed by atoms with van der Waals surface area (Å²) in [5, 5.41) is 8.53. The average molecular weight is 296 g/mol. The van der Waals surface area contributed by atoms with E-state index in [9.17, 15) is 4.79 Å². The van der Waals surface area contributed by atoms with Crippen LogP contribution in [0.2, 0.25) is 0 Å². The number of allylic oxidation sites excluding steroid dienone is 2. The van der Waals surface area contributed by atoms with E-state index in [4.69, 9.17) is 5.11 Å². The number of aliphatic carboxylic acids is 1. The fourth-order valence-corrected chi connectivity index (χ4v) is 2.59. The molecule has 0 amide bonds. The van der Waals surface area contributed by atoms with Crippen molar-refractivity contribution in [1.29, 1.82) is 0 Å². The van der Waals surface area contributed by atoms with E-state index in [0.717, 1.165) is 12.8 Å². The zero-order chi connectivity index (χ0) is 15.8. The molecule has 0 spiro atoms. The smallest absolute Gasteiger partial charge is 0.303 e. The lowest BCUT2D eigenvalue weighted by atomic mass is 10.0. The number of carboxylic acids is 1. The summed E-state index contributed by atoms with van der Waals surface area (Å²) in [5.74, 6) is -0.660. The minimum absolute atomic E-state index is 0.336. The molecule has 0 saturated carbocycles. The number of carboxylic acid groups (broad SMARTS) is 1.